The molecule has 1 amide bonds. The largest absolute Gasteiger partial charge is 0.416 e. The second-order valence-corrected chi connectivity index (χ2v) is 10.2. The van der Waals surface area contributed by atoms with Gasteiger partial charge >= 0.3 is 6.18 Å². The van der Waals surface area contributed by atoms with Crippen LogP contribution in [0.3, 0.4) is 0 Å². The number of amides is 1. The second kappa shape index (κ2) is 10.2. The fourth-order valence-electron chi connectivity index (χ4n) is 4.47. The van der Waals surface area contributed by atoms with Gasteiger partial charge in [-0.25, -0.2) is 4.68 Å². The Hall–Kier alpha value is -3.77. The molecule has 1 saturated heterocycles. The monoisotopic (exact) mass is 541 g/mol. The van der Waals surface area contributed by atoms with Crippen molar-refractivity contribution in [2.24, 2.45) is 0 Å². The van der Waals surface area contributed by atoms with Crippen LogP contribution in [0, 0.1) is 13.8 Å². The van der Waals surface area contributed by atoms with Crippen molar-refractivity contribution in [1.82, 2.24) is 24.9 Å². The van der Waals surface area contributed by atoms with Crippen LogP contribution in [-0.2, 0) is 6.18 Å². The maximum atomic E-state index is 13.9. The number of hydrogen-bond donors (Lipinski definition) is 1. The minimum absolute atomic E-state index is 0.0489. The summed E-state index contributed by atoms with van der Waals surface area (Å²) in [4.78, 5) is 22.2. The van der Waals surface area contributed by atoms with Gasteiger partial charge in [0, 0.05) is 49.3 Å². The number of piperazine rings is 1. The van der Waals surface area contributed by atoms with Gasteiger partial charge in [-0.1, -0.05) is 11.3 Å². The van der Waals surface area contributed by atoms with Crippen molar-refractivity contribution >= 4 is 28.6 Å². The molecule has 8 nitrogen and oxygen atoms in total. The predicted octanol–water partition coefficient (Wildman–Crippen LogP) is 5.03. The number of carbonyl (C=O) groups excluding carboxylic acids is 1. The molecule has 0 aliphatic carbocycles. The van der Waals surface area contributed by atoms with Crippen LogP contribution in [0.4, 0.5) is 24.5 Å². The molecule has 2 aromatic carbocycles. The first kappa shape index (κ1) is 25.9. The van der Waals surface area contributed by atoms with E-state index in [0.717, 1.165) is 29.6 Å². The highest BCUT2D eigenvalue weighted by molar-refractivity contribution is 7.13. The molecule has 12 heteroatoms. The van der Waals surface area contributed by atoms with Gasteiger partial charge in [-0.05, 0) is 56.3 Å². The minimum Gasteiger partial charge on any atom is -0.369 e. The summed E-state index contributed by atoms with van der Waals surface area (Å²) in [5.41, 5.74) is 4.08. The summed E-state index contributed by atoms with van der Waals surface area (Å²) in [6.45, 7) is 5.99. The number of alkyl halides is 3. The van der Waals surface area contributed by atoms with Crippen LogP contribution in [0.25, 0.3) is 16.3 Å². The minimum atomic E-state index is -4.58. The van der Waals surface area contributed by atoms with Crippen molar-refractivity contribution in [2.45, 2.75) is 20.0 Å². The third-order valence-corrected chi connectivity index (χ3v) is 7.48. The summed E-state index contributed by atoms with van der Waals surface area (Å²) >= 11 is 1.44. The van der Waals surface area contributed by atoms with E-state index in [4.69, 9.17) is 0 Å². The molecule has 198 valence electrons. The fourth-order valence-corrected chi connectivity index (χ4v) is 5.05. The van der Waals surface area contributed by atoms with Crippen LogP contribution in [0.2, 0.25) is 0 Å². The standard InChI is InChI=1S/C26H26F3N7OS/c1-16-4-5-19(12-22(16)36-14-21(32-33-36)24-13-30-15-38-24)31-25(37)18-10-20(26(27,28)29)17(2)23(11-18)35-8-6-34(3)7-9-35/h4-5,10-15H,6-9H2,1-3H3,(H,31,37). The summed E-state index contributed by atoms with van der Waals surface area (Å²) in [7, 11) is 1.98. The number of hydrogen-bond acceptors (Lipinski definition) is 7. The Morgan fingerprint density at radius 1 is 1.05 bits per heavy atom. The highest BCUT2D eigenvalue weighted by Crippen LogP contribution is 2.37. The Morgan fingerprint density at radius 2 is 1.82 bits per heavy atom. The molecule has 0 saturated carbocycles. The van der Waals surface area contributed by atoms with E-state index in [1.54, 1.807) is 40.8 Å². The van der Waals surface area contributed by atoms with Gasteiger partial charge in [0.1, 0.15) is 5.69 Å². The van der Waals surface area contributed by atoms with Gasteiger partial charge in [0.25, 0.3) is 5.91 Å². The Balaban J connectivity index is 1.44. The van der Waals surface area contributed by atoms with E-state index in [2.05, 4.69) is 25.5 Å². The van der Waals surface area contributed by atoms with Crippen LogP contribution < -0.4 is 10.2 Å². The van der Waals surface area contributed by atoms with Gasteiger partial charge in [-0.3, -0.25) is 9.78 Å². The zero-order valence-corrected chi connectivity index (χ0v) is 21.9. The van der Waals surface area contributed by atoms with Gasteiger partial charge in [-0.2, -0.15) is 13.2 Å². The number of aryl methyl sites for hydroxylation is 1. The summed E-state index contributed by atoms with van der Waals surface area (Å²) in [6.07, 6.45) is -1.11. The summed E-state index contributed by atoms with van der Waals surface area (Å²) < 4.78 is 43.4. The summed E-state index contributed by atoms with van der Waals surface area (Å²) in [5.74, 6) is -0.621. The lowest BCUT2D eigenvalue weighted by Crippen LogP contribution is -2.45. The molecule has 1 fully saturated rings. The van der Waals surface area contributed by atoms with E-state index in [0.29, 0.717) is 35.8 Å². The molecular weight excluding hydrogens is 515 g/mol. The lowest BCUT2D eigenvalue weighted by atomic mass is 10.00. The van der Waals surface area contributed by atoms with Crippen molar-refractivity contribution in [3.63, 3.8) is 0 Å². The SMILES string of the molecule is Cc1ccc(NC(=O)c2cc(N3CCN(C)CC3)c(C)c(C(F)(F)F)c2)cc1-n1cc(-c2cncs2)nn1. The Kier molecular flexibility index (Phi) is 6.93. The number of halogens is 3. The molecule has 1 N–H and O–H groups in total. The summed E-state index contributed by atoms with van der Waals surface area (Å²) in [6, 6.07) is 7.72. The number of likely N-dealkylation sites (N-methyl/N-ethyl adjacent to an activating group) is 1. The molecular formula is C26H26F3N7OS. The zero-order chi connectivity index (χ0) is 27.0. The first-order valence-electron chi connectivity index (χ1n) is 12.0. The molecule has 0 spiro atoms. The highest BCUT2D eigenvalue weighted by Gasteiger charge is 2.35. The maximum Gasteiger partial charge on any atom is 0.416 e. The molecule has 0 unspecified atom stereocenters. The van der Waals surface area contributed by atoms with Crippen LogP contribution in [-0.4, -0.2) is 64.0 Å². The third kappa shape index (κ3) is 5.27. The zero-order valence-electron chi connectivity index (χ0n) is 21.1. The molecule has 3 heterocycles. The average molecular weight is 542 g/mol. The molecule has 2 aromatic heterocycles. The Morgan fingerprint density at radius 3 is 2.50 bits per heavy atom. The number of anilines is 2. The van der Waals surface area contributed by atoms with E-state index in [9.17, 15) is 18.0 Å². The van der Waals surface area contributed by atoms with Gasteiger partial charge < -0.3 is 15.1 Å². The number of aromatic nitrogens is 4. The Labute approximate surface area is 221 Å². The van der Waals surface area contributed by atoms with Crippen molar-refractivity contribution in [3.05, 3.63) is 70.5 Å². The molecule has 0 atom stereocenters. The lowest BCUT2D eigenvalue weighted by molar-refractivity contribution is -0.138. The van der Waals surface area contributed by atoms with Crippen molar-refractivity contribution in [2.75, 3.05) is 43.4 Å². The Bertz CT molecular complexity index is 1460. The summed E-state index contributed by atoms with van der Waals surface area (Å²) in [5, 5.41) is 11.2. The first-order chi connectivity index (χ1) is 18.1. The number of nitrogens with zero attached hydrogens (tertiary/aromatic N) is 6. The molecule has 38 heavy (non-hydrogen) atoms. The second-order valence-electron chi connectivity index (χ2n) is 9.33. The molecule has 1 aliphatic rings. The topological polar surface area (TPSA) is 79.2 Å². The van der Waals surface area contributed by atoms with Gasteiger partial charge in [-0.15, -0.1) is 16.4 Å². The molecule has 1 aliphatic heterocycles. The predicted molar refractivity (Wildman–Crippen MR) is 141 cm³/mol. The average Bonchev–Trinajstić information content (AvgIpc) is 3.58. The van der Waals surface area contributed by atoms with Crippen LogP contribution >= 0.6 is 11.3 Å². The molecule has 0 radical (unpaired) electrons. The van der Waals surface area contributed by atoms with E-state index in [1.807, 2.05) is 24.9 Å². The molecule has 5 rings (SSSR count). The smallest absolute Gasteiger partial charge is 0.369 e. The van der Waals surface area contributed by atoms with E-state index < -0.39 is 17.6 Å². The molecule has 0 bridgehead atoms. The van der Waals surface area contributed by atoms with Gasteiger partial charge in [0.15, 0.2) is 0 Å². The van der Waals surface area contributed by atoms with Gasteiger partial charge in [0.05, 0.1) is 27.8 Å². The van der Waals surface area contributed by atoms with Crippen LogP contribution in [0.1, 0.15) is 27.0 Å². The maximum absolute atomic E-state index is 13.9. The third-order valence-electron chi connectivity index (χ3n) is 6.68. The van der Waals surface area contributed by atoms with Crippen LogP contribution in [0.5, 0.6) is 0 Å². The number of rotatable bonds is 5. The number of carbonyl (C=O) groups is 1. The van der Waals surface area contributed by atoms with E-state index in [1.165, 1.54) is 18.3 Å². The van der Waals surface area contributed by atoms with E-state index in [-0.39, 0.29) is 11.1 Å². The quantitative estimate of drug-likeness (QED) is 0.382. The van der Waals surface area contributed by atoms with E-state index >= 15 is 0 Å². The number of thiazole rings is 1. The van der Waals surface area contributed by atoms with Gasteiger partial charge in [0.2, 0.25) is 0 Å². The van der Waals surface area contributed by atoms with Crippen molar-refractivity contribution in [3.8, 4) is 16.3 Å². The number of nitrogens with one attached hydrogen (secondary N) is 1. The highest BCUT2D eigenvalue weighted by atomic mass is 32.1. The number of benzene rings is 2. The van der Waals surface area contributed by atoms with Crippen molar-refractivity contribution in [1.29, 1.82) is 0 Å². The normalized spacial score (nSPS) is 14.6. The lowest BCUT2D eigenvalue weighted by Gasteiger charge is -2.35. The first-order valence-corrected chi connectivity index (χ1v) is 12.9. The molecule has 4 aromatic rings. The fraction of sp³-hybridized carbons (Fsp3) is 0.308. The van der Waals surface area contributed by atoms with Crippen molar-refractivity contribution < 1.29 is 18.0 Å². The van der Waals surface area contributed by atoms with Crippen LogP contribution in [0.15, 0.2) is 48.2 Å².